The molecule has 1 aromatic heterocycles. The molecule has 5 nitrogen and oxygen atoms in total. The molecule has 3 N–H and O–H groups in total. The molecule has 2 aromatic rings. The van der Waals surface area contributed by atoms with E-state index in [1.807, 2.05) is 19.1 Å². The van der Waals surface area contributed by atoms with Gasteiger partial charge in [0.15, 0.2) is 0 Å². The van der Waals surface area contributed by atoms with Gasteiger partial charge in [-0.05, 0) is 24.6 Å². The zero-order chi connectivity index (χ0) is 15.4. The Labute approximate surface area is 129 Å². The maximum atomic E-state index is 13.0. The first-order chi connectivity index (χ1) is 10.7. The predicted octanol–water partition coefficient (Wildman–Crippen LogP) is 1.48. The predicted molar refractivity (Wildman–Crippen MR) is 82.2 cm³/mol. The van der Waals surface area contributed by atoms with Crippen molar-refractivity contribution in [2.75, 3.05) is 13.1 Å². The molecule has 22 heavy (non-hydrogen) atoms. The monoisotopic (exact) mass is 301 g/mol. The molecule has 1 aromatic carbocycles. The van der Waals surface area contributed by atoms with E-state index in [1.165, 1.54) is 12.1 Å². The maximum absolute atomic E-state index is 13.0. The molecule has 0 amide bonds. The molecular formula is C16H20FN5. The first-order valence-electron chi connectivity index (χ1n) is 7.44. The van der Waals surface area contributed by atoms with Crippen LogP contribution in [0.3, 0.4) is 0 Å². The molecule has 2 heterocycles. The van der Waals surface area contributed by atoms with Gasteiger partial charge in [-0.15, -0.1) is 0 Å². The summed E-state index contributed by atoms with van der Waals surface area (Å²) in [6, 6.07) is 6.84. The zero-order valence-electron chi connectivity index (χ0n) is 12.5. The van der Waals surface area contributed by atoms with Gasteiger partial charge in [0.25, 0.3) is 0 Å². The van der Waals surface area contributed by atoms with Gasteiger partial charge in [0.1, 0.15) is 5.82 Å². The normalized spacial score (nSPS) is 21.2. The standard InChI is InChI=1S/C16H20FN5/c1-11-6-20-15(10-19-11)9-18-7-13-8-21-22-16(13)12-2-4-14(17)5-3-12/h2-6,10,13,16,18,21-22H,7-9H2,1H3. The van der Waals surface area contributed by atoms with Crippen LogP contribution in [0.15, 0.2) is 36.7 Å². The number of aromatic nitrogens is 2. The van der Waals surface area contributed by atoms with E-state index in [0.29, 0.717) is 12.5 Å². The van der Waals surface area contributed by atoms with Crippen LogP contribution in [0, 0.1) is 18.7 Å². The molecule has 0 saturated carbocycles. The van der Waals surface area contributed by atoms with Gasteiger partial charge in [-0.3, -0.25) is 15.4 Å². The van der Waals surface area contributed by atoms with Gasteiger partial charge in [0.05, 0.1) is 17.4 Å². The number of nitrogens with zero attached hydrogens (tertiary/aromatic N) is 2. The summed E-state index contributed by atoms with van der Waals surface area (Å²) < 4.78 is 13.0. The minimum atomic E-state index is -0.206. The SMILES string of the molecule is Cc1cnc(CNCC2CNNC2c2ccc(F)cc2)cn1. The van der Waals surface area contributed by atoms with Crippen molar-refractivity contribution in [3.8, 4) is 0 Å². The van der Waals surface area contributed by atoms with Gasteiger partial charge in [0.2, 0.25) is 0 Å². The Kier molecular flexibility index (Phi) is 4.72. The Morgan fingerprint density at radius 3 is 2.77 bits per heavy atom. The topological polar surface area (TPSA) is 61.9 Å². The first-order valence-corrected chi connectivity index (χ1v) is 7.44. The van der Waals surface area contributed by atoms with Crippen LogP contribution in [0.2, 0.25) is 0 Å². The summed E-state index contributed by atoms with van der Waals surface area (Å²) in [5.74, 6) is 0.186. The highest BCUT2D eigenvalue weighted by Crippen LogP contribution is 2.24. The van der Waals surface area contributed by atoms with E-state index in [-0.39, 0.29) is 11.9 Å². The number of hydrazine groups is 1. The molecule has 0 bridgehead atoms. The fraction of sp³-hybridized carbons (Fsp3) is 0.375. The number of halogens is 1. The van der Waals surface area contributed by atoms with E-state index in [9.17, 15) is 4.39 Å². The van der Waals surface area contributed by atoms with Crippen molar-refractivity contribution in [2.24, 2.45) is 5.92 Å². The molecule has 2 atom stereocenters. The van der Waals surface area contributed by atoms with Crippen molar-refractivity contribution in [3.63, 3.8) is 0 Å². The summed E-state index contributed by atoms with van der Waals surface area (Å²) in [7, 11) is 0. The van der Waals surface area contributed by atoms with Crippen LogP contribution in [-0.2, 0) is 6.54 Å². The van der Waals surface area contributed by atoms with Crippen LogP contribution < -0.4 is 16.2 Å². The molecule has 2 unspecified atom stereocenters. The van der Waals surface area contributed by atoms with Crippen LogP contribution in [0.5, 0.6) is 0 Å². The van der Waals surface area contributed by atoms with Gasteiger partial charge in [-0.1, -0.05) is 12.1 Å². The summed E-state index contributed by atoms with van der Waals surface area (Å²) >= 11 is 0. The molecule has 1 aliphatic heterocycles. The first kappa shape index (κ1) is 15.0. The summed E-state index contributed by atoms with van der Waals surface area (Å²) in [4.78, 5) is 8.57. The van der Waals surface area contributed by atoms with E-state index in [0.717, 1.165) is 30.0 Å². The third-order valence-electron chi connectivity index (χ3n) is 3.87. The van der Waals surface area contributed by atoms with Crippen LogP contribution in [-0.4, -0.2) is 23.1 Å². The van der Waals surface area contributed by atoms with Gasteiger partial charge >= 0.3 is 0 Å². The lowest BCUT2D eigenvalue weighted by molar-refractivity contribution is 0.439. The lowest BCUT2D eigenvalue weighted by atomic mass is 9.95. The van der Waals surface area contributed by atoms with Gasteiger partial charge in [-0.25, -0.2) is 9.82 Å². The molecule has 116 valence electrons. The lowest BCUT2D eigenvalue weighted by Crippen LogP contribution is -2.28. The zero-order valence-corrected chi connectivity index (χ0v) is 12.5. The fourth-order valence-corrected chi connectivity index (χ4v) is 2.65. The number of nitrogens with one attached hydrogen (secondary N) is 3. The van der Waals surface area contributed by atoms with Crippen molar-refractivity contribution >= 4 is 0 Å². The highest BCUT2D eigenvalue weighted by atomic mass is 19.1. The molecule has 0 radical (unpaired) electrons. The van der Waals surface area contributed by atoms with E-state index >= 15 is 0 Å². The second kappa shape index (κ2) is 6.91. The number of rotatable bonds is 5. The van der Waals surface area contributed by atoms with Crippen LogP contribution in [0.25, 0.3) is 0 Å². The second-order valence-corrected chi connectivity index (χ2v) is 5.59. The second-order valence-electron chi connectivity index (χ2n) is 5.59. The van der Waals surface area contributed by atoms with Crippen molar-refractivity contribution in [1.29, 1.82) is 0 Å². The molecule has 1 aliphatic rings. The summed E-state index contributed by atoms with van der Waals surface area (Å²) in [5.41, 5.74) is 9.38. The number of hydrogen-bond donors (Lipinski definition) is 3. The Balaban J connectivity index is 1.55. The average molecular weight is 301 g/mol. The molecular weight excluding hydrogens is 281 g/mol. The molecule has 0 aliphatic carbocycles. The molecule has 3 rings (SSSR count). The molecule has 1 saturated heterocycles. The molecule has 0 spiro atoms. The molecule has 6 heteroatoms. The Morgan fingerprint density at radius 2 is 2.05 bits per heavy atom. The maximum Gasteiger partial charge on any atom is 0.123 e. The van der Waals surface area contributed by atoms with E-state index in [1.54, 1.807) is 12.4 Å². The largest absolute Gasteiger partial charge is 0.311 e. The summed E-state index contributed by atoms with van der Waals surface area (Å²) in [6.07, 6.45) is 3.57. The van der Waals surface area contributed by atoms with Crippen molar-refractivity contribution in [3.05, 3.63) is 59.4 Å². The average Bonchev–Trinajstić information content (AvgIpc) is 2.98. The third kappa shape index (κ3) is 3.65. The number of benzene rings is 1. The van der Waals surface area contributed by atoms with Gasteiger partial charge in [-0.2, -0.15) is 0 Å². The highest BCUT2D eigenvalue weighted by molar-refractivity contribution is 5.21. The van der Waals surface area contributed by atoms with Crippen LogP contribution in [0.1, 0.15) is 23.0 Å². The van der Waals surface area contributed by atoms with Crippen molar-refractivity contribution in [1.82, 2.24) is 26.1 Å². The Hall–Kier alpha value is -1.89. The lowest BCUT2D eigenvalue weighted by Gasteiger charge is -2.19. The molecule has 1 fully saturated rings. The van der Waals surface area contributed by atoms with E-state index in [2.05, 4.69) is 26.1 Å². The third-order valence-corrected chi connectivity index (χ3v) is 3.87. The van der Waals surface area contributed by atoms with Gasteiger partial charge < -0.3 is 5.32 Å². The van der Waals surface area contributed by atoms with Crippen molar-refractivity contribution < 1.29 is 4.39 Å². The minimum absolute atomic E-state index is 0.178. The minimum Gasteiger partial charge on any atom is -0.311 e. The Morgan fingerprint density at radius 1 is 1.23 bits per heavy atom. The highest BCUT2D eigenvalue weighted by Gasteiger charge is 2.27. The summed E-state index contributed by atoms with van der Waals surface area (Å²) in [6.45, 7) is 4.33. The smallest absolute Gasteiger partial charge is 0.123 e. The fourth-order valence-electron chi connectivity index (χ4n) is 2.65. The van der Waals surface area contributed by atoms with E-state index < -0.39 is 0 Å². The number of aryl methyl sites for hydroxylation is 1. The number of hydrogen-bond acceptors (Lipinski definition) is 5. The summed E-state index contributed by atoms with van der Waals surface area (Å²) in [5, 5.41) is 3.42. The van der Waals surface area contributed by atoms with Crippen LogP contribution in [0.4, 0.5) is 4.39 Å². The van der Waals surface area contributed by atoms with Crippen LogP contribution >= 0.6 is 0 Å². The Bertz CT molecular complexity index is 599. The quantitative estimate of drug-likeness (QED) is 0.781. The van der Waals surface area contributed by atoms with Gasteiger partial charge in [0, 0.05) is 37.9 Å². The van der Waals surface area contributed by atoms with Crippen molar-refractivity contribution in [2.45, 2.75) is 19.5 Å². The van der Waals surface area contributed by atoms with E-state index in [4.69, 9.17) is 0 Å².